The van der Waals surface area contributed by atoms with Crippen LogP contribution >= 0.6 is 11.8 Å². The highest BCUT2D eigenvalue weighted by molar-refractivity contribution is 7.98. The van der Waals surface area contributed by atoms with Crippen molar-refractivity contribution < 1.29 is 0 Å². The van der Waals surface area contributed by atoms with Crippen LogP contribution in [-0.4, -0.2) is 24.1 Å². The van der Waals surface area contributed by atoms with Crippen LogP contribution in [0.2, 0.25) is 0 Å². The topological polar surface area (TPSA) is 12.0 Å². The molecule has 0 saturated heterocycles. The standard InChI is InChI=1S/C14H29NS/c1-5-13(10-16-4)15-14-8-6-7-12(9-14)11(2)3/h11-15H,5-10H2,1-4H3. The van der Waals surface area contributed by atoms with Crippen molar-refractivity contribution in [3.8, 4) is 0 Å². The average molecular weight is 243 g/mol. The minimum absolute atomic E-state index is 0.728. The molecule has 0 aliphatic heterocycles. The van der Waals surface area contributed by atoms with Gasteiger partial charge in [0.05, 0.1) is 0 Å². The second-order valence-electron chi connectivity index (χ2n) is 5.59. The van der Waals surface area contributed by atoms with Gasteiger partial charge >= 0.3 is 0 Å². The van der Waals surface area contributed by atoms with E-state index in [9.17, 15) is 0 Å². The fourth-order valence-corrected chi connectivity index (χ4v) is 3.54. The Hall–Kier alpha value is 0.310. The second-order valence-corrected chi connectivity index (χ2v) is 6.51. The third kappa shape index (κ3) is 4.67. The lowest BCUT2D eigenvalue weighted by molar-refractivity contribution is 0.222. The van der Waals surface area contributed by atoms with E-state index in [1.165, 1.54) is 37.9 Å². The molecule has 1 saturated carbocycles. The molecule has 1 aliphatic carbocycles. The van der Waals surface area contributed by atoms with E-state index in [1.807, 2.05) is 11.8 Å². The van der Waals surface area contributed by atoms with E-state index in [4.69, 9.17) is 0 Å². The molecule has 0 spiro atoms. The van der Waals surface area contributed by atoms with Crippen molar-refractivity contribution in [3.63, 3.8) is 0 Å². The fraction of sp³-hybridized carbons (Fsp3) is 1.00. The SMILES string of the molecule is CCC(CSC)NC1CCCC(C(C)C)C1. The zero-order valence-corrected chi connectivity index (χ0v) is 12.3. The summed E-state index contributed by atoms with van der Waals surface area (Å²) in [5, 5.41) is 3.87. The Bertz CT molecular complexity index is 182. The molecule has 0 radical (unpaired) electrons. The van der Waals surface area contributed by atoms with Gasteiger partial charge in [0.1, 0.15) is 0 Å². The Morgan fingerprint density at radius 1 is 1.31 bits per heavy atom. The van der Waals surface area contributed by atoms with E-state index in [1.54, 1.807) is 0 Å². The predicted octanol–water partition coefficient (Wildman–Crippen LogP) is 3.93. The first-order chi connectivity index (χ1) is 7.67. The normalized spacial score (nSPS) is 28.3. The molecule has 3 unspecified atom stereocenters. The summed E-state index contributed by atoms with van der Waals surface area (Å²) in [7, 11) is 0. The molecule has 0 bridgehead atoms. The first-order valence-electron chi connectivity index (χ1n) is 6.92. The van der Waals surface area contributed by atoms with Gasteiger partial charge in [-0.05, 0) is 37.4 Å². The molecular formula is C14H29NS. The Morgan fingerprint density at radius 2 is 2.06 bits per heavy atom. The summed E-state index contributed by atoms with van der Waals surface area (Å²) in [6, 6.07) is 1.52. The highest BCUT2D eigenvalue weighted by atomic mass is 32.2. The van der Waals surface area contributed by atoms with Crippen molar-refractivity contribution >= 4 is 11.8 Å². The van der Waals surface area contributed by atoms with E-state index < -0.39 is 0 Å². The quantitative estimate of drug-likeness (QED) is 0.758. The Labute approximate surface area is 106 Å². The molecule has 1 rings (SSSR count). The zero-order valence-electron chi connectivity index (χ0n) is 11.5. The molecule has 16 heavy (non-hydrogen) atoms. The maximum absolute atomic E-state index is 3.87. The number of rotatable bonds is 6. The van der Waals surface area contributed by atoms with Crippen LogP contribution in [0.4, 0.5) is 0 Å². The van der Waals surface area contributed by atoms with Crippen LogP contribution in [-0.2, 0) is 0 Å². The summed E-state index contributed by atoms with van der Waals surface area (Å²) in [5.41, 5.74) is 0. The van der Waals surface area contributed by atoms with Gasteiger partial charge in [-0.1, -0.05) is 33.6 Å². The Balaban J connectivity index is 2.35. The Kier molecular flexibility index (Phi) is 6.83. The second kappa shape index (κ2) is 7.60. The molecule has 0 aromatic rings. The summed E-state index contributed by atoms with van der Waals surface area (Å²) in [6.07, 6.45) is 9.16. The van der Waals surface area contributed by atoms with Gasteiger partial charge in [-0.25, -0.2) is 0 Å². The minimum Gasteiger partial charge on any atom is -0.310 e. The van der Waals surface area contributed by atoms with Gasteiger partial charge in [0.2, 0.25) is 0 Å². The van der Waals surface area contributed by atoms with Crippen molar-refractivity contribution in [2.24, 2.45) is 11.8 Å². The minimum atomic E-state index is 0.728. The van der Waals surface area contributed by atoms with Crippen molar-refractivity contribution in [3.05, 3.63) is 0 Å². The molecule has 0 aromatic heterocycles. The summed E-state index contributed by atoms with van der Waals surface area (Å²) in [6.45, 7) is 7.06. The molecule has 96 valence electrons. The molecule has 0 heterocycles. The summed E-state index contributed by atoms with van der Waals surface area (Å²) >= 11 is 1.97. The van der Waals surface area contributed by atoms with Gasteiger partial charge in [0.25, 0.3) is 0 Å². The van der Waals surface area contributed by atoms with Gasteiger partial charge < -0.3 is 5.32 Å². The lowest BCUT2D eigenvalue weighted by atomic mass is 9.79. The van der Waals surface area contributed by atoms with Gasteiger partial charge in [-0.3, -0.25) is 0 Å². The van der Waals surface area contributed by atoms with Gasteiger partial charge in [0, 0.05) is 17.8 Å². The third-order valence-electron chi connectivity index (χ3n) is 3.99. The molecule has 1 N–H and O–H groups in total. The lowest BCUT2D eigenvalue weighted by Gasteiger charge is -2.34. The predicted molar refractivity (Wildman–Crippen MR) is 76.2 cm³/mol. The van der Waals surface area contributed by atoms with Crippen LogP contribution in [0.25, 0.3) is 0 Å². The first kappa shape index (κ1) is 14.4. The highest BCUT2D eigenvalue weighted by Crippen LogP contribution is 2.30. The van der Waals surface area contributed by atoms with Gasteiger partial charge in [-0.2, -0.15) is 11.8 Å². The Morgan fingerprint density at radius 3 is 2.62 bits per heavy atom. The van der Waals surface area contributed by atoms with E-state index in [-0.39, 0.29) is 0 Å². The average Bonchev–Trinajstić information content (AvgIpc) is 2.29. The largest absolute Gasteiger partial charge is 0.310 e. The van der Waals surface area contributed by atoms with E-state index in [2.05, 4.69) is 32.3 Å². The lowest BCUT2D eigenvalue weighted by Crippen LogP contribution is -2.42. The summed E-state index contributed by atoms with van der Waals surface area (Å²) in [5.74, 6) is 3.09. The maximum atomic E-state index is 3.87. The number of hydrogen-bond acceptors (Lipinski definition) is 2. The van der Waals surface area contributed by atoms with Crippen LogP contribution in [0.1, 0.15) is 52.9 Å². The smallest absolute Gasteiger partial charge is 0.0158 e. The third-order valence-corrected chi connectivity index (χ3v) is 4.73. The zero-order chi connectivity index (χ0) is 12.0. The molecule has 1 fully saturated rings. The monoisotopic (exact) mass is 243 g/mol. The fourth-order valence-electron chi connectivity index (χ4n) is 2.80. The molecule has 1 aliphatic rings. The first-order valence-corrected chi connectivity index (χ1v) is 8.31. The number of thioether (sulfide) groups is 1. The molecule has 0 aromatic carbocycles. The van der Waals surface area contributed by atoms with Gasteiger partial charge in [0.15, 0.2) is 0 Å². The summed E-state index contributed by atoms with van der Waals surface area (Å²) in [4.78, 5) is 0. The van der Waals surface area contributed by atoms with E-state index >= 15 is 0 Å². The van der Waals surface area contributed by atoms with Crippen LogP contribution in [0.5, 0.6) is 0 Å². The van der Waals surface area contributed by atoms with Crippen molar-refractivity contribution in [1.29, 1.82) is 0 Å². The molecule has 2 heteroatoms. The van der Waals surface area contributed by atoms with Crippen LogP contribution in [0.3, 0.4) is 0 Å². The van der Waals surface area contributed by atoms with Crippen LogP contribution < -0.4 is 5.32 Å². The molecular weight excluding hydrogens is 214 g/mol. The van der Waals surface area contributed by atoms with Crippen LogP contribution in [0.15, 0.2) is 0 Å². The highest BCUT2D eigenvalue weighted by Gasteiger charge is 2.25. The number of hydrogen-bond donors (Lipinski definition) is 1. The van der Waals surface area contributed by atoms with E-state index in [0.29, 0.717) is 0 Å². The maximum Gasteiger partial charge on any atom is 0.0158 e. The van der Waals surface area contributed by atoms with Crippen LogP contribution in [0, 0.1) is 11.8 Å². The van der Waals surface area contributed by atoms with Crippen molar-refractivity contribution in [2.45, 2.75) is 65.0 Å². The summed E-state index contributed by atoms with van der Waals surface area (Å²) < 4.78 is 0. The molecule has 0 amide bonds. The van der Waals surface area contributed by atoms with Gasteiger partial charge in [-0.15, -0.1) is 0 Å². The molecule has 3 atom stereocenters. The van der Waals surface area contributed by atoms with Crippen molar-refractivity contribution in [2.75, 3.05) is 12.0 Å². The molecule has 1 nitrogen and oxygen atoms in total. The van der Waals surface area contributed by atoms with E-state index in [0.717, 1.165) is 23.9 Å². The number of nitrogens with one attached hydrogen (secondary N) is 1. The van der Waals surface area contributed by atoms with Crippen molar-refractivity contribution in [1.82, 2.24) is 5.32 Å².